The fourth-order valence-electron chi connectivity index (χ4n) is 3.59. The minimum absolute atomic E-state index is 0.0231. The zero-order chi connectivity index (χ0) is 28.5. The van der Waals surface area contributed by atoms with Crippen LogP contribution in [-0.4, -0.2) is 74.4 Å². The maximum atomic E-state index is 12.6. The summed E-state index contributed by atoms with van der Waals surface area (Å²) in [7, 11) is 0.212. The second-order valence-electron chi connectivity index (χ2n) is 8.62. The molecule has 0 spiro atoms. The van der Waals surface area contributed by atoms with E-state index in [1.165, 1.54) is 6.21 Å². The molecule has 3 heterocycles. The van der Waals surface area contributed by atoms with E-state index in [-0.39, 0.29) is 36.5 Å². The number of pyridine rings is 1. The summed E-state index contributed by atoms with van der Waals surface area (Å²) < 4.78 is 17.7. The van der Waals surface area contributed by atoms with Crippen molar-refractivity contribution in [1.29, 1.82) is 0 Å². The summed E-state index contributed by atoms with van der Waals surface area (Å²) in [4.78, 5) is 52.3. The molecule has 6 N–H and O–H groups in total. The van der Waals surface area contributed by atoms with Gasteiger partial charge in [-0.25, -0.2) is 9.78 Å². The molecule has 1 amide bonds. The zero-order valence-corrected chi connectivity index (χ0v) is 22.6. The summed E-state index contributed by atoms with van der Waals surface area (Å²) in [6.45, 7) is 4.01. The molecule has 1 aliphatic heterocycles. The highest BCUT2D eigenvalue weighted by Crippen LogP contribution is 2.20. The Labute approximate surface area is 226 Å². The minimum Gasteiger partial charge on any atom is -0.497 e. The summed E-state index contributed by atoms with van der Waals surface area (Å²) in [6, 6.07) is 4.45. The van der Waals surface area contributed by atoms with Crippen molar-refractivity contribution in [2.24, 2.45) is 15.7 Å². The number of nitrogens with one attached hydrogen (secondary N) is 3. The first-order chi connectivity index (χ1) is 18.6. The Morgan fingerprint density at radius 3 is 2.72 bits per heavy atom. The number of aliphatic imine (C=N–C) groups is 2. The number of imidazole rings is 1. The smallest absolute Gasteiger partial charge is 0.326 e. The van der Waals surface area contributed by atoms with Gasteiger partial charge < -0.3 is 30.9 Å². The summed E-state index contributed by atoms with van der Waals surface area (Å²) in [6.07, 6.45) is 3.43. The molecule has 208 valence electrons. The number of carboxylic acid groups (broad SMARTS) is 1. The van der Waals surface area contributed by atoms with E-state index in [4.69, 9.17) is 15.6 Å². The number of fused-ring (bicyclic) bond motifs is 1. The van der Waals surface area contributed by atoms with Crippen LogP contribution in [0.1, 0.15) is 29.7 Å². The highest BCUT2D eigenvalue weighted by atomic mass is 32.2. The summed E-state index contributed by atoms with van der Waals surface area (Å²) in [5, 5.41) is 11.7. The standard InChI is InChI=1S/C16H17N3O3S.C9H14N4O3/c1-9-7-17-14(10(2)15(9)20)8-23(21)16-18-12-5-4-11(22-3)6-13(12)19-16;10-2-1-8(14)13-7(9(15)16)3-6-4-11-5-12-6/h4-7H,8H2,1-3H3,(H,17,20)(H,18,19);4,7H,1-3,5,10H2,(H,13,14)(H,15,16)/t;7-/m.1/s1. The van der Waals surface area contributed by atoms with Crippen molar-refractivity contribution in [2.45, 2.75) is 43.6 Å². The number of H-pyrrole nitrogens is 2. The Morgan fingerprint density at radius 1 is 1.31 bits per heavy atom. The third-order valence-electron chi connectivity index (χ3n) is 5.79. The molecule has 2 atom stereocenters. The molecule has 0 fully saturated rings. The quantitative estimate of drug-likeness (QED) is 0.242. The Bertz CT molecular complexity index is 1490. The SMILES string of the molecule is COc1ccc2nc(S(=O)Cc3[nH]cc(C)c(=O)c3C)[nH]c2c1.NCCC(=O)N[C@H](CC1=NCN=C1)C(=O)O. The van der Waals surface area contributed by atoms with Gasteiger partial charge in [-0.2, -0.15) is 0 Å². The van der Waals surface area contributed by atoms with Crippen LogP contribution in [0.5, 0.6) is 5.75 Å². The fraction of sp³-hybridized carbons (Fsp3) is 0.360. The number of aromatic amines is 2. The van der Waals surface area contributed by atoms with Gasteiger partial charge in [0.1, 0.15) is 18.5 Å². The van der Waals surface area contributed by atoms with Crippen LogP contribution in [-0.2, 0) is 26.1 Å². The molecule has 1 unspecified atom stereocenters. The van der Waals surface area contributed by atoms with Crippen LogP contribution in [0.15, 0.2) is 44.3 Å². The van der Waals surface area contributed by atoms with Gasteiger partial charge in [-0.1, -0.05) is 0 Å². The van der Waals surface area contributed by atoms with Crippen LogP contribution in [0.3, 0.4) is 0 Å². The number of hydrogen-bond acceptors (Lipinski definition) is 9. The topological polar surface area (TPSA) is 205 Å². The lowest BCUT2D eigenvalue weighted by Crippen LogP contribution is -2.42. The molecule has 0 radical (unpaired) electrons. The zero-order valence-electron chi connectivity index (χ0n) is 21.8. The number of ether oxygens (including phenoxy) is 1. The van der Waals surface area contributed by atoms with Crippen molar-refractivity contribution in [1.82, 2.24) is 20.3 Å². The number of aliphatic carboxylic acids is 1. The Morgan fingerprint density at radius 2 is 2.08 bits per heavy atom. The maximum Gasteiger partial charge on any atom is 0.326 e. The highest BCUT2D eigenvalue weighted by Gasteiger charge is 2.22. The largest absolute Gasteiger partial charge is 0.497 e. The third-order valence-corrected chi connectivity index (χ3v) is 6.96. The average Bonchev–Trinajstić information content (AvgIpc) is 3.58. The van der Waals surface area contributed by atoms with Crippen molar-refractivity contribution in [3.05, 3.63) is 51.4 Å². The van der Waals surface area contributed by atoms with Crippen molar-refractivity contribution >= 4 is 45.6 Å². The van der Waals surface area contributed by atoms with E-state index >= 15 is 0 Å². The summed E-state index contributed by atoms with van der Waals surface area (Å²) in [5.41, 5.74) is 9.15. The van der Waals surface area contributed by atoms with Gasteiger partial charge in [-0.15, -0.1) is 0 Å². The van der Waals surface area contributed by atoms with Crippen LogP contribution in [0.2, 0.25) is 0 Å². The monoisotopic (exact) mass is 557 g/mol. The summed E-state index contributed by atoms with van der Waals surface area (Å²) >= 11 is 0. The number of amides is 1. The second-order valence-corrected chi connectivity index (χ2v) is 9.99. The van der Waals surface area contributed by atoms with Crippen LogP contribution in [0, 0.1) is 13.8 Å². The Kier molecular flexibility index (Phi) is 10.2. The molecule has 0 bridgehead atoms. The molecular formula is C25H31N7O6S. The molecule has 4 rings (SSSR count). The van der Waals surface area contributed by atoms with Crippen molar-refractivity contribution in [3.63, 3.8) is 0 Å². The maximum absolute atomic E-state index is 12.6. The number of carboxylic acids is 1. The minimum atomic E-state index is -1.38. The first-order valence-electron chi connectivity index (χ1n) is 12.0. The average molecular weight is 558 g/mol. The van der Waals surface area contributed by atoms with Crippen LogP contribution in [0.25, 0.3) is 11.0 Å². The number of methoxy groups -OCH3 is 1. The van der Waals surface area contributed by atoms with E-state index in [1.54, 1.807) is 33.2 Å². The predicted molar refractivity (Wildman–Crippen MR) is 148 cm³/mol. The number of carbonyl (C=O) groups is 2. The second kappa shape index (κ2) is 13.6. The van der Waals surface area contributed by atoms with Gasteiger partial charge in [-0.3, -0.25) is 23.8 Å². The van der Waals surface area contributed by atoms with Crippen LogP contribution in [0.4, 0.5) is 0 Å². The first-order valence-corrected chi connectivity index (χ1v) is 13.3. The fourth-order valence-corrected chi connectivity index (χ4v) is 4.72. The molecule has 39 heavy (non-hydrogen) atoms. The van der Waals surface area contributed by atoms with Gasteiger partial charge in [0.25, 0.3) is 0 Å². The normalized spacial score (nSPS) is 13.8. The Balaban J connectivity index is 0.000000231. The number of rotatable bonds is 10. The molecule has 2 aromatic heterocycles. The molecule has 0 saturated carbocycles. The lowest BCUT2D eigenvalue weighted by molar-refractivity contribution is -0.141. The number of benzene rings is 1. The number of aromatic nitrogens is 3. The molecule has 1 aromatic carbocycles. The van der Waals surface area contributed by atoms with Gasteiger partial charge in [0.15, 0.2) is 10.6 Å². The van der Waals surface area contributed by atoms with Gasteiger partial charge in [0.2, 0.25) is 5.91 Å². The molecule has 14 heteroatoms. The molecule has 0 saturated heterocycles. The van der Waals surface area contributed by atoms with Crippen LogP contribution >= 0.6 is 0 Å². The molecule has 13 nitrogen and oxygen atoms in total. The number of hydrogen-bond donors (Lipinski definition) is 5. The van der Waals surface area contributed by atoms with Gasteiger partial charge in [-0.05, 0) is 26.0 Å². The number of nitrogens with zero attached hydrogens (tertiary/aromatic N) is 3. The first kappa shape index (κ1) is 29.4. The molecule has 3 aromatic rings. The van der Waals surface area contributed by atoms with E-state index in [9.17, 15) is 18.6 Å². The highest BCUT2D eigenvalue weighted by molar-refractivity contribution is 7.84. The lowest BCUT2D eigenvalue weighted by atomic mass is 10.1. The van der Waals surface area contributed by atoms with Gasteiger partial charge in [0, 0.05) is 54.7 Å². The van der Waals surface area contributed by atoms with E-state index in [2.05, 4.69) is 30.3 Å². The number of aryl methyl sites for hydroxylation is 1. The molecule has 1 aliphatic rings. The van der Waals surface area contributed by atoms with Gasteiger partial charge in [0.05, 0.1) is 40.4 Å². The van der Waals surface area contributed by atoms with E-state index in [1.807, 2.05) is 12.1 Å². The Hall–Kier alpha value is -4.17. The lowest BCUT2D eigenvalue weighted by Gasteiger charge is -2.13. The van der Waals surface area contributed by atoms with E-state index in [0.29, 0.717) is 40.1 Å². The predicted octanol–water partition coefficient (Wildman–Crippen LogP) is 0.962. The van der Waals surface area contributed by atoms with Crippen molar-refractivity contribution < 1.29 is 23.6 Å². The molecular weight excluding hydrogens is 526 g/mol. The number of nitrogens with two attached hydrogens (primary N) is 1. The van der Waals surface area contributed by atoms with Crippen molar-refractivity contribution in [3.8, 4) is 5.75 Å². The summed E-state index contributed by atoms with van der Waals surface area (Å²) in [5.74, 6) is -0.547. The number of carbonyl (C=O) groups excluding carboxylic acids is 1. The van der Waals surface area contributed by atoms with E-state index in [0.717, 1.165) is 11.0 Å². The molecule has 0 aliphatic carbocycles. The van der Waals surface area contributed by atoms with Crippen molar-refractivity contribution in [2.75, 3.05) is 20.3 Å². The van der Waals surface area contributed by atoms with Crippen LogP contribution < -0.4 is 21.2 Å². The third kappa shape index (κ3) is 7.91. The van der Waals surface area contributed by atoms with E-state index < -0.39 is 22.8 Å². The van der Waals surface area contributed by atoms with Gasteiger partial charge >= 0.3 is 5.97 Å².